The maximum atomic E-state index is 10.4. The summed E-state index contributed by atoms with van der Waals surface area (Å²) in [5.41, 5.74) is -0.0950. The van der Waals surface area contributed by atoms with E-state index in [1.54, 1.807) is 0 Å². The van der Waals surface area contributed by atoms with Crippen LogP contribution in [-0.2, 0) is 4.74 Å². The smallest absolute Gasteiger partial charge is 0.191 e. The number of aliphatic hydroxyl groups excluding tert-OH is 1. The Bertz CT molecular complexity index is 444. The van der Waals surface area contributed by atoms with Gasteiger partial charge in [-0.15, -0.1) is 24.0 Å². The number of nitrogens with zero attached hydrogens (tertiary/aromatic N) is 2. The molecule has 0 aromatic heterocycles. The second kappa shape index (κ2) is 12.4. The number of hydrogen-bond acceptors (Lipinski definition) is 4. The Labute approximate surface area is 182 Å². The monoisotopic (exact) mass is 496 g/mol. The molecule has 0 amide bonds. The first-order valence-electron chi connectivity index (χ1n) is 10.5. The number of morpholine rings is 1. The molecule has 0 spiro atoms. The van der Waals surface area contributed by atoms with Crippen LogP contribution in [-0.4, -0.2) is 74.0 Å². The molecule has 2 aliphatic rings. The van der Waals surface area contributed by atoms with Crippen molar-refractivity contribution in [2.24, 2.45) is 16.3 Å². The van der Waals surface area contributed by atoms with Gasteiger partial charge in [0.05, 0.1) is 25.9 Å². The van der Waals surface area contributed by atoms with Crippen molar-refractivity contribution in [3.8, 4) is 0 Å². The summed E-state index contributed by atoms with van der Waals surface area (Å²) in [6, 6.07) is 0.471. The van der Waals surface area contributed by atoms with Gasteiger partial charge in [-0.05, 0) is 25.7 Å². The van der Waals surface area contributed by atoms with E-state index in [2.05, 4.69) is 43.2 Å². The largest absolute Gasteiger partial charge is 0.392 e. The summed E-state index contributed by atoms with van der Waals surface area (Å²) in [5, 5.41) is 17.3. The number of ether oxygens (including phenoxy) is 1. The Hall–Kier alpha value is -0.120. The molecule has 0 radical (unpaired) electrons. The fourth-order valence-electron chi connectivity index (χ4n) is 4.06. The molecule has 1 saturated carbocycles. The lowest BCUT2D eigenvalue weighted by atomic mass is 9.73. The third-order valence-electron chi connectivity index (χ3n) is 5.99. The summed E-state index contributed by atoms with van der Waals surface area (Å²) < 4.78 is 5.50. The Balaban J connectivity index is 0.00000364. The number of rotatable bonds is 7. The normalized spacial score (nSPS) is 28.5. The Morgan fingerprint density at radius 3 is 2.56 bits per heavy atom. The summed E-state index contributed by atoms with van der Waals surface area (Å²) >= 11 is 0. The molecule has 160 valence electrons. The van der Waals surface area contributed by atoms with Crippen molar-refractivity contribution in [1.82, 2.24) is 15.5 Å². The Morgan fingerprint density at radius 2 is 1.96 bits per heavy atom. The maximum Gasteiger partial charge on any atom is 0.191 e. The molecule has 27 heavy (non-hydrogen) atoms. The van der Waals surface area contributed by atoms with E-state index in [-0.39, 0.29) is 35.5 Å². The van der Waals surface area contributed by atoms with Gasteiger partial charge in [0.2, 0.25) is 0 Å². The third-order valence-corrected chi connectivity index (χ3v) is 5.99. The Morgan fingerprint density at radius 1 is 1.26 bits per heavy atom. The van der Waals surface area contributed by atoms with Crippen molar-refractivity contribution >= 4 is 29.9 Å². The van der Waals surface area contributed by atoms with Crippen molar-refractivity contribution in [3.05, 3.63) is 0 Å². The lowest BCUT2D eigenvalue weighted by Gasteiger charge is -2.38. The van der Waals surface area contributed by atoms with E-state index in [1.165, 1.54) is 6.42 Å². The number of guanidine groups is 1. The van der Waals surface area contributed by atoms with Crippen LogP contribution in [0.1, 0.15) is 53.4 Å². The molecule has 7 heteroatoms. The van der Waals surface area contributed by atoms with Crippen molar-refractivity contribution in [2.75, 3.05) is 45.9 Å². The highest BCUT2D eigenvalue weighted by atomic mass is 127. The minimum absolute atomic E-state index is 0. The molecule has 1 heterocycles. The highest BCUT2D eigenvalue weighted by Crippen LogP contribution is 2.36. The van der Waals surface area contributed by atoms with Crippen LogP contribution in [0.3, 0.4) is 0 Å². The molecule has 3 N–H and O–H groups in total. The van der Waals surface area contributed by atoms with Crippen LogP contribution in [0.4, 0.5) is 0 Å². The standard InChI is InChI=1S/C20H40N4O2.HI/c1-5-21-19(23-15-20(4)9-7-6-8-18(20)25)22-14-17(16(2)3)24-10-12-26-13-11-24;/h16-18,25H,5-15H2,1-4H3,(H2,21,22,23);1H. The maximum absolute atomic E-state index is 10.4. The SMILES string of the molecule is CCNC(=NCC1(C)CCCCC1O)NCC(C(C)C)N1CCOCC1.I. The molecule has 2 rings (SSSR count). The molecule has 0 bridgehead atoms. The molecule has 3 atom stereocenters. The van der Waals surface area contributed by atoms with Gasteiger partial charge in [0.1, 0.15) is 0 Å². The molecule has 3 unspecified atom stereocenters. The van der Waals surface area contributed by atoms with E-state index in [1.807, 2.05) is 0 Å². The van der Waals surface area contributed by atoms with E-state index in [4.69, 9.17) is 9.73 Å². The fourth-order valence-corrected chi connectivity index (χ4v) is 4.06. The first-order chi connectivity index (χ1) is 12.5. The minimum atomic E-state index is -0.236. The van der Waals surface area contributed by atoms with Crippen LogP contribution in [0.25, 0.3) is 0 Å². The van der Waals surface area contributed by atoms with E-state index in [0.29, 0.717) is 18.5 Å². The van der Waals surface area contributed by atoms with E-state index < -0.39 is 0 Å². The van der Waals surface area contributed by atoms with Crippen molar-refractivity contribution in [2.45, 2.75) is 65.5 Å². The zero-order valence-corrected chi connectivity index (χ0v) is 20.0. The Kier molecular flexibility index (Phi) is 11.5. The first kappa shape index (κ1) is 24.9. The number of aliphatic imine (C=N–C) groups is 1. The summed E-state index contributed by atoms with van der Waals surface area (Å²) in [4.78, 5) is 7.35. The molecule has 1 aliphatic heterocycles. The van der Waals surface area contributed by atoms with Crippen molar-refractivity contribution in [1.29, 1.82) is 0 Å². The molecule has 1 saturated heterocycles. The van der Waals surface area contributed by atoms with E-state index in [0.717, 1.165) is 64.6 Å². The van der Waals surface area contributed by atoms with Crippen LogP contribution in [0, 0.1) is 11.3 Å². The molecule has 0 aromatic rings. The van der Waals surface area contributed by atoms with Crippen molar-refractivity contribution in [3.63, 3.8) is 0 Å². The third kappa shape index (κ3) is 7.66. The van der Waals surface area contributed by atoms with Crippen LogP contribution in [0.15, 0.2) is 4.99 Å². The summed E-state index contributed by atoms with van der Waals surface area (Å²) in [6.07, 6.45) is 4.05. The fraction of sp³-hybridized carbons (Fsp3) is 0.950. The molecular weight excluding hydrogens is 455 g/mol. The van der Waals surface area contributed by atoms with Gasteiger partial charge < -0.3 is 20.5 Å². The predicted octanol–water partition coefficient (Wildman–Crippen LogP) is 2.46. The highest BCUT2D eigenvalue weighted by molar-refractivity contribution is 14.0. The zero-order chi connectivity index (χ0) is 19.0. The van der Waals surface area contributed by atoms with E-state index >= 15 is 0 Å². The average molecular weight is 496 g/mol. The highest BCUT2D eigenvalue weighted by Gasteiger charge is 2.35. The minimum Gasteiger partial charge on any atom is -0.392 e. The number of nitrogens with one attached hydrogen (secondary N) is 2. The number of hydrogen-bond donors (Lipinski definition) is 3. The van der Waals surface area contributed by atoms with Crippen molar-refractivity contribution < 1.29 is 9.84 Å². The lowest BCUT2D eigenvalue weighted by molar-refractivity contribution is 0.00655. The summed E-state index contributed by atoms with van der Waals surface area (Å²) in [5.74, 6) is 1.44. The van der Waals surface area contributed by atoms with Gasteiger partial charge in [-0.2, -0.15) is 0 Å². The van der Waals surface area contributed by atoms with E-state index in [9.17, 15) is 5.11 Å². The second-order valence-corrected chi connectivity index (χ2v) is 8.45. The summed E-state index contributed by atoms with van der Waals surface area (Å²) in [7, 11) is 0. The number of halogens is 1. The number of aliphatic hydroxyl groups is 1. The summed E-state index contributed by atoms with van der Waals surface area (Å²) in [6.45, 7) is 14.9. The molecule has 6 nitrogen and oxygen atoms in total. The van der Waals surface area contributed by atoms with Gasteiger partial charge in [-0.25, -0.2) is 0 Å². The van der Waals surface area contributed by atoms with Gasteiger partial charge in [-0.1, -0.05) is 33.6 Å². The van der Waals surface area contributed by atoms with Crippen LogP contribution < -0.4 is 10.6 Å². The average Bonchev–Trinajstić information content (AvgIpc) is 2.63. The molecule has 0 aromatic carbocycles. The molecular formula is C20H41IN4O2. The van der Waals surface area contributed by atoms with Gasteiger partial charge >= 0.3 is 0 Å². The molecule has 1 aliphatic carbocycles. The van der Waals surface area contributed by atoms with Gasteiger partial charge in [0.25, 0.3) is 0 Å². The van der Waals surface area contributed by atoms with Crippen LogP contribution in [0.2, 0.25) is 0 Å². The predicted molar refractivity (Wildman–Crippen MR) is 123 cm³/mol. The lowest BCUT2D eigenvalue weighted by Crippen LogP contribution is -2.52. The zero-order valence-electron chi connectivity index (χ0n) is 17.7. The van der Waals surface area contributed by atoms with Gasteiger partial charge in [-0.3, -0.25) is 9.89 Å². The first-order valence-corrected chi connectivity index (χ1v) is 10.5. The van der Waals surface area contributed by atoms with Crippen LogP contribution in [0.5, 0.6) is 0 Å². The van der Waals surface area contributed by atoms with Crippen LogP contribution >= 0.6 is 24.0 Å². The van der Waals surface area contributed by atoms with Gasteiger partial charge in [0, 0.05) is 37.6 Å². The van der Waals surface area contributed by atoms with Gasteiger partial charge in [0.15, 0.2) is 5.96 Å². The molecule has 2 fully saturated rings. The topological polar surface area (TPSA) is 69.1 Å². The quantitative estimate of drug-likeness (QED) is 0.287. The second-order valence-electron chi connectivity index (χ2n) is 8.45.